The third-order valence-corrected chi connectivity index (χ3v) is 4.79. The van der Waals surface area contributed by atoms with Gasteiger partial charge < -0.3 is 9.64 Å². The summed E-state index contributed by atoms with van der Waals surface area (Å²) in [5.41, 5.74) is 3.03. The summed E-state index contributed by atoms with van der Waals surface area (Å²) < 4.78 is 20.6. The first-order valence-corrected chi connectivity index (χ1v) is 9.55. The first kappa shape index (κ1) is 18.2. The molecule has 4 rings (SSSR count). The quantitative estimate of drug-likeness (QED) is 0.660. The molecular formula is C22H22FN3O2. The van der Waals surface area contributed by atoms with Crippen LogP contribution in [-0.2, 0) is 6.42 Å². The zero-order valence-electron chi connectivity index (χ0n) is 15.8. The van der Waals surface area contributed by atoms with Gasteiger partial charge in [-0.25, -0.2) is 9.07 Å². The van der Waals surface area contributed by atoms with E-state index in [4.69, 9.17) is 4.74 Å². The second-order valence-electron chi connectivity index (χ2n) is 6.80. The molecule has 0 spiro atoms. The van der Waals surface area contributed by atoms with Crippen molar-refractivity contribution >= 4 is 11.6 Å². The second-order valence-corrected chi connectivity index (χ2v) is 6.80. The molecule has 0 unspecified atom stereocenters. The Bertz CT molecular complexity index is 982. The monoisotopic (exact) mass is 379 g/mol. The highest BCUT2D eigenvalue weighted by molar-refractivity contribution is 6.07. The Morgan fingerprint density at radius 2 is 1.96 bits per heavy atom. The predicted molar refractivity (Wildman–Crippen MR) is 106 cm³/mol. The van der Waals surface area contributed by atoms with E-state index in [1.54, 1.807) is 27.9 Å². The van der Waals surface area contributed by atoms with Crippen molar-refractivity contribution in [3.05, 3.63) is 71.8 Å². The molecule has 0 saturated carbocycles. The fourth-order valence-corrected chi connectivity index (χ4v) is 3.42. The van der Waals surface area contributed by atoms with Gasteiger partial charge in [0.25, 0.3) is 5.91 Å². The second kappa shape index (κ2) is 7.84. The highest BCUT2D eigenvalue weighted by atomic mass is 19.1. The van der Waals surface area contributed by atoms with Crippen LogP contribution in [-0.4, -0.2) is 28.8 Å². The van der Waals surface area contributed by atoms with Crippen molar-refractivity contribution in [3.8, 4) is 11.4 Å². The van der Waals surface area contributed by atoms with E-state index in [1.165, 1.54) is 12.1 Å². The van der Waals surface area contributed by atoms with Crippen LogP contribution >= 0.6 is 0 Å². The van der Waals surface area contributed by atoms with Gasteiger partial charge in [-0.15, -0.1) is 0 Å². The fraction of sp³-hybridized carbons (Fsp3) is 0.273. The van der Waals surface area contributed by atoms with Gasteiger partial charge in [0.1, 0.15) is 5.82 Å². The first-order valence-electron chi connectivity index (χ1n) is 9.55. The van der Waals surface area contributed by atoms with E-state index in [1.807, 2.05) is 25.1 Å². The summed E-state index contributed by atoms with van der Waals surface area (Å²) in [6, 6.07) is 13.9. The average molecular weight is 379 g/mol. The molecule has 0 aliphatic carbocycles. The summed E-state index contributed by atoms with van der Waals surface area (Å²) in [4.78, 5) is 15.1. The van der Waals surface area contributed by atoms with Crippen molar-refractivity contribution in [2.75, 3.05) is 18.1 Å². The number of fused-ring (bicyclic) bond motifs is 1. The topological polar surface area (TPSA) is 47.4 Å². The molecule has 2 heterocycles. The van der Waals surface area contributed by atoms with Gasteiger partial charge >= 0.3 is 0 Å². The number of carbonyl (C=O) groups is 1. The van der Waals surface area contributed by atoms with E-state index in [0.717, 1.165) is 30.5 Å². The minimum Gasteiger partial charge on any atom is -0.489 e. The molecule has 1 aromatic heterocycles. The molecule has 2 aromatic carbocycles. The maximum Gasteiger partial charge on any atom is 0.282 e. The number of aromatic nitrogens is 2. The molecule has 1 aliphatic heterocycles. The van der Waals surface area contributed by atoms with E-state index >= 15 is 0 Å². The van der Waals surface area contributed by atoms with Crippen molar-refractivity contribution in [1.82, 2.24) is 9.78 Å². The Hall–Kier alpha value is -3.15. The van der Waals surface area contributed by atoms with Gasteiger partial charge in [0.15, 0.2) is 11.4 Å². The van der Waals surface area contributed by atoms with E-state index in [9.17, 15) is 9.18 Å². The molecule has 0 radical (unpaired) electrons. The van der Waals surface area contributed by atoms with Crippen LogP contribution in [0, 0.1) is 5.82 Å². The standard InChI is InChI=1S/C22H22FN3O2/c1-2-14-28-20-15-26(18-11-9-17(23)10-12-18)24-21(20)22(27)25-13-5-7-16-6-3-4-8-19(16)25/h3-4,6,8-12,15H,2,5,7,13-14H2,1H3. The highest BCUT2D eigenvalue weighted by Crippen LogP contribution is 2.30. The molecule has 3 aromatic rings. The third kappa shape index (κ3) is 3.50. The van der Waals surface area contributed by atoms with Gasteiger partial charge in [-0.2, -0.15) is 5.10 Å². The van der Waals surface area contributed by atoms with Crippen LogP contribution in [0.2, 0.25) is 0 Å². The van der Waals surface area contributed by atoms with Gasteiger partial charge in [0.05, 0.1) is 18.5 Å². The van der Waals surface area contributed by atoms with Gasteiger partial charge in [0.2, 0.25) is 0 Å². The number of nitrogens with zero attached hydrogens (tertiary/aromatic N) is 3. The average Bonchev–Trinajstić information content (AvgIpc) is 3.16. The van der Waals surface area contributed by atoms with E-state index < -0.39 is 0 Å². The van der Waals surface area contributed by atoms with Crippen LogP contribution in [0.25, 0.3) is 5.69 Å². The summed E-state index contributed by atoms with van der Waals surface area (Å²) >= 11 is 0. The minimum atomic E-state index is -0.320. The lowest BCUT2D eigenvalue weighted by Crippen LogP contribution is -2.36. The van der Waals surface area contributed by atoms with Crippen molar-refractivity contribution in [3.63, 3.8) is 0 Å². The lowest BCUT2D eigenvalue weighted by Gasteiger charge is -2.29. The summed E-state index contributed by atoms with van der Waals surface area (Å²) in [6.45, 7) is 3.14. The van der Waals surface area contributed by atoms with Gasteiger partial charge in [-0.3, -0.25) is 4.79 Å². The summed E-state index contributed by atoms with van der Waals surface area (Å²) in [7, 11) is 0. The van der Waals surface area contributed by atoms with Crippen LogP contribution in [0.4, 0.5) is 10.1 Å². The summed E-state index contributed by atoms with van der Waals surface area (Å²) in [5.74, 6) is -0.0575. The lowest BCUT2D eigenvalue weighted by atomic mass is 10.0. The normalized spacial score (nSPS) is 13.3. The molecule has 0 N–H and O–H groups in total. The number of halogens is 1. The van der Waals surface area contributed by atoms with Crippen molar-refractivity contribution in [2.24, 2.45) is 0 Å². The third-order valence-electron chi connectivity index (χ3n) is 4.79. The fourth-order valence-electron chi connectivity index (χ4n) is 3.42. The number of benzene rings is 2. The zero-order valence-corrected chi connectivity index (χ0v) is 15.8. The van der Waals surface area contributed by atoms with E-state index in [-0.39, 0.29) is 17.4 Å². The lowest BCUT2D eigenvalue weighted by molar-refractivity contribution is 0.0976. The SMILES string of the molecule is CCCOc1cn(-c2ccc(F)cc2)nc1C(=O)N1CCCc2ccccc21. The molecule has 28 heavy (non-hydrogen) atoms. The number of amides is 1. The number of anilines is 1. The Labute approximate surface area is 163 Å². The van der Waals surface area contributed by atoms with Gasteiger partial charge in [-0.05, 0) is 55.2 Å². The van der Waals surface area contributed by atoms with Crippen LogP contribution in [0.5, 0.6) is 5.75 Å². The molecule has 1 amide bonds. The molecule has 144 valence electrons. The molecular weight excluding hydrogens is 357 g/mol. The van der Waals surface area contributed by atoms with E-state index in [0.29, 0.717) is 24.6 Å². The van der Waals surface area contributed by atoms with Crippen molar-refractivity contribution < 1.29 is 13.9 Å². The predicted octanol–water partition coefficient (Wildman–Crippen LogP) is 4.39. The smallest absolute Gasteiger partial charge is 0.282 e. The number of para-hydroxylation sites is 1. The zero-order chi connectivity index (χ0) is 19.5. The molecule has 0 fully saturated rings. The first-order chi connectivity index (χ1) is 13.7. The highest BCUT2D eigenvalue weighted by Gasteiger charge is 2.28. The Morgan fingerprint density at radius 1 is 1.18 bits per heavy atom. The van der Waals surface area contributed by atoms with Crippen LogP contribution in [0.1, 0.15) is 35.8 Å². The van der Waals surface area contributed by atoms with Crippen LogP contribution < -0.4 is 9.64 Å². The number of carbonyl (C=O) groups excluding carboxylic acids is 1. The summed E-state index contributed by atoms with van der Waals surface area (Å²) in [5, 5.41) is 4.49. The molecule has 5 nitrogen and oxygen atoms in total. The van der Waals surface area contributed by atoms with Gasteiger partial charge in [-0.1, -0.05) is 25.1 Å². The van der Waals surface area contributed by atoms with Crippen LogP contribution in [0.15, 0.2) is 54.7 Å². The Kier molecular flexibility index (Phi) is 5.10. The summed E-state index contributed by atoms with van der Waals surface area (Å²) in [6.07, 6.45) is 4.38. The van der Waals surface area contributed by atoms with Crippen LogP contribution in [0.3, 0.4) is 0 Å². The molecule has 0 saturated heterocycles. The molecule has 0 atom stereocenters. The largest absolute Gasteiger partial charge is 0.489 e. The Morgan fingerprint density at radius 3 is 2.75 bits per heavy atom. The van der Waals surface area contributed by atoms with Crippen molar-refractivity contribution in [2.45, 2.75) is 26.2 Å². The van der Waals surface area contributed by atoms with Gasteiger partial charge in [0, 0.05) is 12.2 Å². The Balaban J connectivity index is 1.71. The maximum absolute atomic E-state index is 13.4. The minimum absolute atomic E-state index is 0.181. The van der Waals surface area contributed by atoms with Crippen molar-refractivity contribution in [1.29, 1.82) is 0 Å². The number of rotatable bonds is 5. The molecule has 1 aliphatic rings. The van der Waals surface area contributed by atoms with E-state index in [2.05, 4.69) is 11.2 Å². The number of ether oxygens (including phenoxy) is 1. The molecule has 0 bridgehead atoms. The number of aryl methyl sites for hydroxylation is 1. The number of hydrogen-bond acceptors (Lipinski definition) is 3. The number of hydrogen-bond donors (Lipinski definition) is 0. The maximum atomic E-state index is 13.4. The molecule has 6 heteroatoms.